The van der Waals surface area contributed by atoms with Gasteiger partial charge in [-0.05, 0) is 113 Å². The Bertz CT molecular complexity index is 4440. The summed E-state index contributed by atoms with van der Waals surface area (Å²) >= 11 is 0. The molecule has 0 aliphatic carbocycles. The number of aromatic nitrogens is 3. The first-order valence-electron chi connectivity index (χ1n) is 30.1. The van der Waals surface area contributed by atoms with Crippen molar-refractivity contribution in [3.8, 4) is 55.2 Å². The number of ketones is 3. The van der Waals surface area contributed by atoms with E-state index in [-0.39, 0.29) is 84.6 Å². The van der Waals surface area contributed by atoms with E-state index < -0.39 is 171 Å². The molecular formula is C69H60F3N12O16P. The predicted octanol–water partition coefficient (Wildman–Crippen LogP) is 6.01. The minimum atomic E-state index is -5.79. The molecule has 3 aromatic heterocycles. The molecule has 518 valence electrons. The Labute approximate surface area is 574 Å². The molecule has 0 atom stereocenters. The monoisotopic (exact) mass is 1400 g/mol. The van der Waals surface area contributed by atoms with Gasteiger partial charge in [-0.1, -0.05) is 17.8 Å². The summed E-state index contributed by atoms with van der Waals surface area (Å²) in [5.74, 6) is -6.38. The fourth-order valence-corrected chi connectivity index (χ4v) is 12.7. The number of amides is 6. The van der Waals surface area contributed by atoms with Crippen molar-refractivity contribution in [2.24, 2.45) is 21.1 Å². The fourth-order valence-electron chi connectivity index (χ4n) is 11.7. The molecule has 3 aromatic carbocycles. The lowest BCUT2D eigenvalue weighted by Gasteiger charge is -2.46. The lowest BCUT2D eigenvalue weighted by molar-refractivity contribution is -0.166. The van der Waals surface area contributed by atoms with Crippen LogP contribution in [0, 0.1) is 130 Å². The number of phosphoric acid groups is 1. The van der Waals surface area contributed by atoms with E-state index >= 15 is 18.9 Å². The van der Waals surface area contributed by atoms with Crippen LogP contribution in [0.15, 0.2) is 54.6 Å². The van der Waals surface area contributed by atoms with Crippen LogP contribution < -0.4 is 16.0 Å². The Hall–Kier alpha value is -11.7. The highest BCUT2D eigenvalue weighted by atomic mass is 31.2. The number of anilines is 3. The lowest BCUT2D eigenvalue weighted by Crippen LogP contribution is -2.65. The second-order valence-corrected chi connectivity index (χ2v) is 25.3. The van der Waals surface area contributed by atoms with Gasteiger partial charge < -0.3 is 43.9 Å². The fraction of sp³-hybridized carbons (Fsp3) is 0.304. The van der Waals surface area contributed by atoms with Gasteiger partial charge in [0.25, 0.3) is 52.8 Å². The minimum Gasteiger partial charge on any atom is -0.374 e. The largest absolute Gasteiger partial charge is 0.480 e. The van der Waals surface area contributed by atoms with Crippen LogP contribution in [-0.2, 0) is 67.9 Å². The zero-order valence-electron chi connectivity index (χ0n) is 55.4. The van der Waals surface area contributed by atoms with Crippen molar-refractivity contribution in [2.45, 2.75) is 58.2 Å². The molecule has 3 saturated heterocycles. The summed E-state index contributed by atoms with van der Waals surface area (Å²) in [6.45, 7) is 1.19. The molecule has 0 saturated carbocycles. The van der Waals surface area contributed by atoms with Crippen LogP contribution >= 0.6 is 7.82 Å². The molecule has 6 heterocycles. The molecule has 101 heavy (non-hydrogen) atoms. The molecule has 32 heteroatoms. The molecule has 0 bridgehead atoms. The Morgan fingerprint density at radius 1 is 0.475 bits per heavy atom. The molecule has 0 spiro atoms. The van der Waals surface area contributed by atoms with Gasteiger partial charge >= 0.3 is 7.82 Å². The van der Waals surface area contributed by atoms with Crippen molar-refractivity contribution in [3.63, 3.8) is 0 Å². The van der Waals surface area contributed by atoms with Crippen molar-refractivity contribution in [2.75, 3.05) is 75.8 Å². The van der Waals surface area contributed by atoms with E-state index in [2.05, 4.69) is 33.7 Å². The number of hydrogen-bond acceptors (Lipinski definition) is 19. The van der Waals surface area contributed by atoms with E-state index in [1.807, 2.05) is 0 Å². The van der Waals surface area contributed by atoms with Crippen molar-refractivity contribution in [1.82, 2.24) is 28.4 Å². The summed E-state index contributed by atoms with van der Waals surface area (Å²) in [5, 5.41) is 35.9. The summed E-state index contributed by atoms with van der Waals surface area (Å²) in [6.07, 6.45) is 18.2. The first-order valence-corrected chi connectivity index (χ1v) is 31.5. The molecule has 6 amide bonds. The van der Waals surface area contributed by atoms with Crippen LogP contribution in [0.2, 0.25) is 0 Å². The molecule has 0 unspecified atom stereocenters. The van der Waals surface area contributed by atoms with Crippen molar-refractivity contribution < 1.29 is 88.7 Å². The number of hydrogen-bond donors (Lipinski definition) is 3. The summed E-state index contributed by atoms with van der Waals surface area (Å²) < 4.78 is 96.8. The number of carbonyl (C=O) groups is 9. The van der Waals surface area contributed by atoms with Crippen molar-refractivity contribution >= 4 is 77.7 Å². The Kier molecular flexibility index (Phi) is 20.8. The normalized spacial score (nSPS) is 14.4. The first-order chi connectivity index (χ1) is 47.8. The Balaban J connectivity index is 1.08. The van der Waals surface area contributed by atoms with Gasteiger partial charge in [-0.2, -0.15) is 15.8 Å². The maximum atomic E-state index is 16.0. The lowest BCUT2D eigenvalue weighted by atomic mass is 9.94. The van der Waals surface area contributed by atoms with Crippen LogP contribution in [0.25, 0.3) is 0 Å². The van der Waals surface area contributed by atoms with Crippen molar-refractivity contribution in [1.29, 1.82) is 15.8 Å². The van der Waals surface area contributed by atoms with Gasteiger partial charge in [-0.15, -0.1) is 19.3 Å². The van der Waals surface area contributed by atoms with E-state index in [9.17, 15) is 57.7 Å². The standard InChI is InChI=1S/C69H60F3N12O16P/c1-13-67(28-95-29-67)82(64(91)58(85)52-37(4)55(79(10)40(52)7)61(88)76-46-16-19-49(70)43(22-46)25-73)34-98-101(94,99-35-83(68(14-2)30-96-31-68)65(92)59(86)53-38(5)56(80(11)41(53)8)62(89)77-47-17-20-50(71)44(23-47)26-74)100-36-84(69(15-3)32-97-33-69)66(93)60(87)54-39(6)57(81(12)42(54)9)63(90)78-48-18-21-51(72)45(24-48)27-75/h1-3,16-24H,28-36H2,4-12H3,(H,76,88)(H,77,89)(H,78,90). The maximum absolute atomic E-state index is 16.0. The molecular weight excluding hydrogens is 1340 g/mol. The quantitative estimate of drug-likeness (QED) is 0.0205. The average Bonchev–Trinajstić information content (AvgIpc) is 1.68. The number of ether oxygens (including phenoxy) is 3. The van der Waals surface area contributed by atoms with Crippen LogP contribution in [0.1, 0.15) is 113 Å². The zero-order chi connectivity index (χ0) is 74.1. The van der Waals surface area contributed by atoms with Crippen LogP contribution in [-0.4, -0.2) is 158 Å². The number of nitrogens with one attached hydrogen (secondary N) is 3. The summed E-state index contributed by atoms with van der Waals surface area (Å²) in [5.41, 5.74) is -8.51. The van der Waals surface area contributed by atoms with E-state index in [0.29, 0.717) is 14.7 Å². The van der Waals surface area contributed by atoms with E-state index in [0.717, 1.165) is 36.4 Å². The summed E-state index contributed by atoms with van der Waals surface area (Å²) in [6, 6.07) is 14.6. The minimum absolute atomic E-state index is 0.00318. The SMILES string of the molecule is C#CC1(N(COP(=O)(OCN(C(=O)C(=O)c2c(C)c(C(=O)Nc3ccc(F)c(C#N)c3)n(C)c2C)C2(C#C)COC2)OCN(C(=O)C(=O)c2c(C)c(C(=O)Nc3ccc(F)c(C#N)c3)n(C)c2C)C2(C#C)COC2)C(=O)C(=O)c2c(C)c(C(=O)Nc3ccc(F)c(C#N)c3)n(C)c2C)COC1. The maximum Gasteiger partial charge on any atom is 0.480 e. The molecule has 6 aromatic rings. The molecule has 9 rings (SSSR count). The highest BCUT2D eigenvalue weighted by Crippen LogP contribution is 2.51. The Morgan fingerprint density at radius 3 is 0.911 bits per heavy atom. The van der Waals surface area contributed by atoms with Crippen LogP contribution in [0.5, 0.6) is 0 Å². The number of phosphoric ester groups is 1. The number of halogens is 3. The van der Waals surface area contributed by atoms with Crippen molar-refractivity contribution in [3.05, 3.63) is 156 Å². The number of carbonyl (C=O) groups excluding carboxylic acids is 9. The second-order valence-electron chi connectivity index (χ2n) is 23.7. The third-order valence-corrected chi connectivity index (χ3v) is 19.2. The third-order valence-electron chi connectivity index (χ3n) is 17.9. The van der Waals surface area contributed by atoms with Gasteiger partial charge in [-0.3, -0.25) is 71.4 Å². The highest BCUT2D eigenvalue weighted by Gasteiger charge is 2.53. The number of terminal acetylenes is 3. The van der Waals surface area contributed by atoms with Gasteiger partial charge in [0.05, 0.1) is 73.0 Å². The van der Waals surface area contributed by atoms with E-state index in [1.165, 1.54) is 94.6 Å². The number of Topliss-reactive ketones (excluding diaryl/α,β-unsaturated/α-hetero) is 3. The van der Waals surface area contributed by atoms with Gasteiger partial charge in [0.1, 0.15) is 72.9 Å². The summed E-state index contributed by atoms with van der Waals surface area (Å²) in [7, 11) is -1.60. The molecule has 28 nitrogen and oxygen atoms in total. The zero-order valence-corrected chi connectivity index (χ0v) is 56.3. The Morgan fingerprint density at radius 2 is 0.713 bits per heavy atom. The second kappa shape index (κ2) is 28.6. The predicted molar refractivity (Wildman–Crippen MR) is 348 cm³/mol. The van der Waals surface area contributed by atoms with Gasteiger partial charge in [-0.25, -0.2) is 17.7 Å². The van der Waals surface area contributed by atoms with E-state index in [1.54, 1.807) is 18.2 Å². The first kappa shape index (κ1) is 73.5. The topological polar surface area (TPSA) is 358 Å². The number of rotatable bonds is 24. The van der Waals surface area contributed by atoms with Gasteiger partial charge in [0.2, 0.25) is 0 Å². The van der Waals surface area contributed by atoms with Crippen LogP contribution in [0.4, 0.5) is 30.2 Å². The van der Waals surface area contributed by atoms with Crippen LogP contribution in [0.3, 0.4) is 0 Å². The van der Waals surface area contributed by atoms with Gasteiger partial charge in [0.15, 0.2) is 16.6 Å². The molecule has 3 aliphatic heterocycles. The third kappa shape index (κ3) is 13.3. The summed E-state index contributed by atoms with van der Waals surface area (Å²) in [4.78, 5) is 133. The number of nitrogens with zero attached hydrogens (tertiary/aromatic N) is 9. The molecule has 3 N–H and O–H groups in total. The smallest absolute Gasteiger partial charge is 0.374 e. The highest BCUT2D eigenvalue weighted by molar-refractivity contribution is 7.48. The van der Waals surface area contributed by atoms with Gasteiger partial charge in [0, 0.05) is 55.3 Å². The average molecular weight is 1400 g/mol. The molecule has 3 aliphatic rings. The number of nitriles is 3. The molecule has 3 fully saturated rings. The van der Waals surface area contributed by atoms with E-state index in [4.69, 9.17) is 47.1 Å². The molecule has 0 radical (unpaired) electrons. The number of benzene rings is 3.